The van der Waals surface area contributed by atoms with Crippen molar-refractivity contribution in [1.82, 2.24) is 4.90 Å². The van der Waals surface area contributed by atoms with Crippen molar-refractivity contribution in [3.8, 4) is 11.8 Å². The van der Waals surface area contributed by atoms with Gasteiger partial charge in [0.05, 0.1) is 12.5 Å². The number of hydrogen-bond donors (Lipinski definition) is 0. The molecule has 0 aliphatic rings. The molecule has 5 heteroatoms. The van der Waals surface area contributed by atoms with Gasteiger partial charge in [0.2, 0.25) is 0 Å². The fourth-order valence-corrected chi connectivity index (χ4v) is 1.42. The van der Waals surface area contributed by atoms with Crippen molar-refractivity contribution in [2.24, 2.45) is 0 Å². The lowest BCUT2D eigenvalue weighted by atomic mass is 10.2. The van der Waals surface area contributed by atoms with E-state index in [0.717, 1.165) is 0 Å². The van der Waals surface area contributed by atoms with Crippen LogP contribution < -0.4 is 4.74 Å². The number of benzene rings is 1. The maximum Gasteiger partial charge on any atom is 0.260 e. The van der Waals surface area contributed by atoms with Gasteiger partial charge in [-0.1, -0.05) is 11.6 Å². The number of hydrogen-bond acceptors (Lipinski definition) is 3. The molecule has 0 radical (unpaired) electrons. The van der Waals surface area contributed by atoms with Gasteiger partial charge in [-0.3, -0.25) is 4.79 Å². The summed E-state index contributed by atoms with van der Waals surface area (Å²) in [7, 11) is 1.66. The van der Waals surface area contributed by atoms with Crippen LogP contribution in [-0.4, -0.2) is 30.5 Å². The van der Waals surface area contributed by atoms with Gasteiger partial charge in [0.1, 0.15) is 5.75 Å². The molecule has 1 rings (SSSR count). The van der Waals surface area contributed by atoms with Crippen LogP contribution in [0.15, 0.2) is 24.3 Å². The largest absolute Gasteiger partial charge is 0.484 e. The van der Waals surface area contributed by atoms with Crippen LogP contribution in [0.3, 0.4) is 0 Å². The Balaban J connectivity index is 2.46. The molecule has 0 saturated carbocycles. The first kappa shape index (κ1) is 14.3. The lowest BCUT2D eigenvalue weighted by Gasteiger charge is -2.22. The van der Waals surface area contributed by atoms with Crippen molar-refractivity contribution < 1.29 is 9.53 Å². The summed E-state index contributed by atoms with van der Waals surface area (Å²) in [6, 6.07) is 8.72. The van der Waals surface area contributed by atoms with Crippen LogP contribution in [0.2, 0.25) is 5.02 Å². The molecule has 0 fully saturated rings. The third kappa shape index (κ3) is 4.27. The van der Waals surface area contributed by atoms with Crippen molar-refractivity contribution in [1.29, 1.82) is 5.26 Å². The summed E-state index contributed by atoms with van der Waals surface area (Å²) in [5.41, 5.74) is 0. The van der Waals surface area contributed by atoms with Crippen LogP contribution in [0.4, 0.5) is 0 Å². The minimum Gasteiger partial charge on any atom is -0.484 e. The van der Waals surface area contributed by atoms with Gasteiger partial charge in [0, 0.05) is 18.1 Å². The lowest BCUT2D eigenvalue weighted by Crippen LogP contribution is -2.38. The Bertz CT molecular complexity index is 439. The van der Waals surface area contributed by atoms with Gasteiger partial charge in [0.15, 0.2) is 6.61 Å². The Morgan fingerprint density at radius 2 is 2.11 bits per heavy atom. The van der Waals surface area contributed by atoms with Crippen LogP contribution in [0.25, 0.3) is 0 Å². The number of carbonyl (C=O) groups is 1. The average molecular weight is 267 g/mol. The number of nitriles is 1. The summed E-state index contributed by atoms with van der Waals surface area (Å²) in [6.07, 6.45) is 0.309. The molecule has 0 spiro atoms. The first-order valence-corrected chi connectivity index (χ1v) is 5.93. The van der Waals surface area contributed by atoms with Gasteiger partial charge in [-0.25, -0.2) is 0 Å². The van der Waals surface area contributed by atoms with Gasteiger partial charge in [-0.05, 0) is 31.2 Å². The fourth-order valence-electron chi connectivity index (χ4n) is 1.29. The minimum absolute atomic E-state index is 0.0477. The third-order valence-corrected chi connectivity index (χ3v) is 2.87. The van der Waals surface area contributed by atoms with E-state index in [0.29, 0.717) is 17.2 Å². The van der Waals surface area contributed by atoms with E-state index in [1.807, 2.05) is 13.0 Å². The number of likely N-dealkylation sites (N-methyl/N-ethyl adjacent to an activating group) is 1. The predicted molar refractivity (Wildman–Crippen MR) is 69.4 cm³/mol. The molecule has 1 unspecified atom stereocenters. The van der Waals surface area contributed by atoms with Crippen LogP contribution in [-0.2, 0) is 4.79 Å². The van der Waals surface area contributed by atoms with E-state index < -0.39 is 0 Å². The second-order valence-corrected chi connectivity index (χ2v) is 4.39. The molecule has 1 aromatic rings. The van der Waals surface area contributed by atoms with E-state index in [-0.39, 0.29) is 18.6 Å². The SMILES string of the molecule is CC(CC#N)N(C)C(=O)COc1ccc(Cl)cc1. The van der Waals surface area contributed by atoms with Gasteiger partial charge >= 0.3 is 0 Å². The number of rotatable bonds is 5. The smallest absolute Gasteiger partial charge is 0.260 e. The Labute approximate surface area is 112 Å². The summed E-state index contributed by atoms with van der Waals surface area (Å²) in [6.45, 7) is 1.78. The summed E-state index contributed by atoms with van der Waals surface area (Å²) in [4.78, 5) is 13.3. The molecular weight excluding hydrogens is 252 g/mol. The van der Waals surface area contributed by atoms with Crippen LogP contribution in [0, 0.1) is 11.3 Å². The molecule has 0 heterocycles. The van der Waals surface area contributed by atoms with Crippen LogP contribution in [0.5, 0.6) is 5.75 Å². The average Bonchev–Trinajstić information content (AvgIpc) is 2.37. The van der Waals surface area contributed by atoms with Gasteiger partial charge in [-0.15, -0.1) is 0 Å². The molecule has 0 aliphatic carbocycles. The van der Waals surface area contributed by atoms with Gasteiger partial charge < -0.3 is 9.64 Å². The van der Waals surface area contributed by atoms with Crippen molar-refractivity contribution in [2.75, 3.05) is 13.7 Å². The van der Waals surface area contributed by atoms with E-state index >= 15 is 0 Å². The predicted octanol–water partition coefficient (Wildman–Crippen LogP) is 2.48. The Kier molecular flexibility index (Phi) is 5.47. The number of halogens is 1. The molecule has 0 aliphatic heterocycles. The standard InChI is InChI=1S/C13H15ClN2O2/c1-10(7-8-15)16(2)13(17)9-18-12-5-3-11(14)4-6-12/h3-6,10H,7,9H2,1-2H3. The van der Waals surface area contributed by atoms with Gasteiger partial charge in [-0.2, -0.15) is 5.26 Å². The molecule has 1 aromatic carbocycles. The van der Waals surface area contributed by atoms with Crippen molar-refractivity contribution in [3.63, 3.8) is 0 Å². The highest BCUT2D eigenvalue weighted by molar-refractivity contribution is 6.30. The van der Waals surface area contributed by atoms with Crippen LogP contribution in [0.1, 0.15) is 13.3 Å². The fraction of sp³-hybridized carbons (Fsp3) is 0.385. The molecule has 0 aromatic heterocycles. The van der Waals surface area contributed by atoms with E-state index in [2.05, 4.69) is 0 Å². The molecule has 4 nitrogen and oxygen atoms in total. The number of nitrogens with zero attached hydrogens (tertiary/aromatic N) is 2. The second kappa shape index (κ2) is 6.87. The van der Waals surface area contributed by atoms with Crippen molar-refractivity contribution in [3.05, 3.63) is 29.3 Å². The molecule has 1 amide bonds. The number of ether oxygens (including phenoxy) is 1. The summed E-state index contributed by atoms with van der Waals surface area (Å²) in [5, 5.41) is 9.19. The minimum atomic E-state index is -0.160. The third-order valence-electron chi connectivity index (χ3n) is 2.62. The van der Waals surface area contributed by atoms with E-state index in [9.17, 15) is 4.79 Å². The Morgan fingerprint density at radius 1 is 1.50 bits per heavy atom. The number of amides is 1. The van der Waals surface area contributed by atoms with Crippen molar-refractivity contribution in [2.45, 2.75) is 19.4 Å². The maximum atomic E-state index is 11.8. The zero-order valence-corrected chi connectivity index (χ0v) is 11.1. The highest BCUT2D eigenvalue weighted by Crippen LogP contribution is 2.15. The molecular formula is C13H15ClN2O2. The van der Waals surface area contributed by atoms with Gasteiger partial charge in [0.25, 0.3) is 5.91 Å². The molecule has 96 valence electrons. The monoisotopic (exact) mass is 266 g/mol. The van der Waals surface area contributed by atoms with E-state index in [1.165, 1.54) is 4.90 Å². The van der Waals surface area contributed by atoms with Crippen LogP contribution >= 0.6 is 11.6 Å². The Hall–Kier alpha value is -1.73. The maximum absolute atomic E-state index is 11.8. The molecule has 18 heavy (non-hydrogen) atoms. The Morgan fingerprint density at radius 3 is 2.67 bits per heavy atom. The number of carbonyl (C=O) groups excluding carboxylic acids is 1. The zero-order valence-electron chi connectivity index (χ0n) is 10.4. The quantitative estimate of drug-likeness (QED) is 0.823. The first-order chi connectivity index (χ1) is 8.54. The van der Waals surface area contributed by atoms with E-state index in [1.54, 1.807) is 31.3 Å². The highest BCUT2D eigenvalue weighted by atomic mass is 35.5. The topological polar surface area (TPSA) is 53.3 Å². The van der Waals surface area contributed by atoms with E-state index in [4.69, 9.17) is 21.6 Å². The summed E-state index contributed by atoms with van der Waals surface area (Å²) in [5.74, 6) is 0.432. The normalized spacial score (nSPS) is 11.4. The second-order valence-electron chi connectivity index (χ2n) is 3.96. The molecule has 1 atom stereocenters. The summed E-state index contributed by atoms with van der Waals surface area (Å²) < 4.78 is 5.34. The molecule has 0 bridgehead atoms. The molecule has 0 saturated heterocycles. The lowest BCUT2D eigenvalue weighted by molar-refractivity contribution is -0.133. The van der Waals surface area contributed by atoms with Crippen molar-refractivity contribution >= 4 is 17.5 Å². The zero-order chi connectivity index (χ0) is 13.5. The summed E-state index contributed by atoms with van der Waals surface area (Å²) >= 11 is 5.74. The first-order valence-electron chi connectivity index (χ1n) is 5.55. The molecule has 0 N–H and O–H groups in total. The highest BCUT2D eigenvalue weighted by Gasteiger charge is 2.15.